The highest BCUT2D eigenvalue weighted by Gasteiger charge is 2.44. The van der Waals surface area contributed by atoms with Crippen molar-refractivity contribution in [2.75, 3.05) is 0 Å². The lowest BCUT2D eigenvalue weighted by Crippen LogP contribution is -2.21. The summed E-state index contributed by atoms with van der Waals surface area (Å²) in [6.07, 6.45) is 3.43. The van der Waals surface area contributed by atoms with Gasteiger partial charge in [-0.25, -0.2) is 0 Å². The summed E-state index contributed by atoms with van der Waals surface area (Å²) in [4.78, 5) is 4.54. The Bertz CT molecular complexity index is 436. The van der Waals surface area contributed by atoms with Crippen molar-refractivity contribution in [3.8, 4) is 0 Å². The molecular formula is C14H22N2O3. The first-order valence-corrected chi connectivity index (χ1v) is 7.23. The fourth-order valence-corrected chi connectivity index (χ4v) is 3.49. The van der Waals surface area contributed by atoms with E-state index in [2.05, 4.69) is 24.0 Å². The van der Waals surface area contributed by atoms with Gasteiger partial charge >= 0.3 is 0 Å². The third kappa shape index (κ3) is 2.30. The van der Waals surface area contributed by atoms with Gasteiger partial charge in [0.25, 0.3) is 0 Å². The third-order valence-electron chi connectivity index (χ3n) is 4.42. The van der Waals surface area contributed by atoms with Crippen LogP contribution in [0.4, 0.5) is 0 Å². The lowest BCUT2D eigenvalue weighted by atomic mass is 9.88. The molecule has 0 spiro atoms. The highest BCUT2D eigenvalue weighted by atomic mass is 16.5. The lowest BCUT2D eigenvalue weighted by molar-refractivity contribution is 0.0996. The Morgan fingerprint density at radius 2 is 2.05 bits per heavy atom. The first kappa shape index (κ1) is 13.1. The summed E-state index contributed by atoms with van der Waals surface area (Å²) < 4.78 is 11.2. The molecule has 2 aliphatic rings. The molecule has 5 nitrogen and oxygen atoms in total. The van der Waals surface area contributed by atoms with Crippen molar-refractivity contribution in [1.82, 2.24) is 10.1 Å². The summed E-state index contributed by atoms with van der Waals surface area (Å²) in [6, 6.07) is 0. The summed E-state index contributed by atoms with van der Waals surface area (Å²) in [5.41, 5.74) is 0. The molecule has 19 heavy (non-hydrogen) atoms. The largest absolute Gasteiger partial charge is 0.393 e. The maximum atomic E-state index is 9.86. The number of aliphatic hydroxyl groups excluding tert-OH is 1. The average Bonchev–Trinajstić information content (AvgIpc) is 3.02. The predicted molar refractivity (Wildman–Crippen MR) is 68.8 cm³/mol. The SMILES string of the molecule is CC(C)C(c1nc(C2CC3CCC2O3)no1)C(C)O. The van der Waals surface area contributed by atoms with E-state index in [0.29, 0.717) is 12.0 Å². The van der Waals surface area contributed by atoms with E-state index in [0.717, 1.165) is 25.1 Å². The van der Waals surface area contributed by atoms with Crippen LogP contribution in [0.2, 0.25) is 0 Å². The van der Waals surface area contributed by atoms with Gasteiger partial charge in [-0.1, -0.05) is 19.0 Å². The summed E-state index contributed by atoms with van der Waals surface area (Å²) in [5, 5.41) is 14.0. The van der Waals surface area contributed by atoms with Crippen molar-refractivity contribution in [3.05, 3.63) is 11.7 Å². The molecule has 2 aliphatic heterocycles. The van der Waals surface area contributed by atoms with E-state index in [1.54, 1.807) is 6.92 Å². The van der Waals surface area contributed by atoms with Gasteiger partial charge in [0.1, 0.15) is 0 Å². The monoisotopic (exact) mass is 266 g/mol. The molecule has 2 fully saturated rings. The molecule has 0 amide bonds. The zero-order valence-electron chi connectivity index (χ0n) is 11.7. The summed E-state index contributed by atoms with van der Waals surface area (Å²) in [5.74, 6) is 1.76. The van der Waals surface area contributed by atoms with Crippen LogP contribution in [0.3, 0.4) is 0 Å². The highest BCUT2D eigenvalue weighted by Crippen LogP contribution is 2.43. The Morgan fingerprint density at radius 3 is 2.58 bits per heavy atom. The quantitative estimate of drug-likeness (QED) is 0.905. The highest BCUT2D eigenvalue weighted by molar-refractivity contribution is 5.08. The van der Waals surface area contributed by atoms with Crippen LogP contribution < -0.4 is 0 Å². The minimum absolute atomic E-state index is 0.0965. The fourth-order valence-electron chi connectivity index (χ4n) is 3.49. The molecule has 5 heteroatoms. The first-order valence-electron chi connectivity index (χ1n) is 7.23. The topological polar surface area (TPSA) is 68.4 Å². The Kier molecular flexibility index (Phi) is 3.35. The number of rotatable bonds is 4. The Balaban J connectivity index is 1.79. The molecular weight excluding hydrogens is 244 g/mol. The zero-order valence-corrected chi connectivity index (χ0v) is 11.7. The minimum atomic E-state index is -0.482. The van der Waals surface area contributed by atoms with Gasteiger partial charge in [-0.2, -0.15) is 4.98 Å². The molecule has 2 saturated heterocycles. The van der Waals surface area contributed by atoms with E-state index in [9.17, 15) is 5.11 Å². The number of aromatic nitrogens is 2. The van der Waals surface area contributed by atoms with Crippen LogP contribution in [0.15, 0.2) is 4.52 Å². The van der Waals surface area contributed by atoms with E-state index in [1.165, 1.54) is 0 Å². The second-order valence-corrected chi connectivity index (χ2v) is 6.22. The Labute approximate surface area is 113 Å². The third-order valence-corrected chi connectivity index (χ3v) is 4.42. The smallest absolute Gasteiger partial charge is 0.232 e. The Hall–Kier alpha value is -0.940. The van der Waals surface area contributed by atoms with Crippen LogP contribution in [0.25, 0.3) is 0 Å². The summed E-state index contributed by atoms with van der Waals surface area (Å²) >= 11 is 0. The molecule has 5 unspecified atom stereocenters. The summed E-state index contributed by atoms with van der Waals surface area (Å²) in [6.45, 7) is 5.89. The van der Waals surface area contributed by atoms with E-state index >= 15 is 0 Å². The van der Waals surface area contributed by atoms with Crippen LogP contribution in [-0.2, 0) is 4.74 Å². The van der Waals surface area contributed by atoms with Gasteiger partial charge in [0, 0.05) is 0 Å². The van der Waals surface area contributed by atoms with Gasteiger partial charge in [-0.15, -0.1) is 0 Å². The van der Waals surface area contributed by atoms with E-state index in [4.69, 9.17) is 9.26 Å². The van der Waals surface area contributed by atoms with Crippen molar-refractivity contribution in [3.63, 3.8) is 0 Å². The minimum Gasteiger partial charge on any atom is -0.393 e. The average molecular weight is 266 g/mol. The van der Waals surface area contributed by atoms with Crippen LogP contribution in [0.5, 0.6) is 0 Å². The fraction of sp³-hybridized carbons (Fsp3) is 0.857. The molecule has 3 rings (SSSR count). The number of hydrogen-bond acceptors (Lipinski definition) is 5. The molecule has 3 heterocycles. The van der Waals surface area contributed by atoms with Gasteiger partial charge in [0.2, 0.25) is 5.89 Å². The number of hydrogen-bond donors (Lipinski definition) is 1. The predicted octanol–water partition coefficient (Wildman–Crippen LogP) is 2.22. The van der Waals surface area contributed by atoms with Gasteiger partial charge < -0.3 is 14.4 Å². The van der Waals surface area contributed by atoms with Crippen LogP contribution in [0, 0.1) is 5.92 Å². The maximum absolute atomic E-state index is 9.86. The van der Waals surface area contributed by atoms with Gasteiger partial charge in [0.15, 0.2) is 5.82 Å². The van der Waals surface area contributed by atoms with Crippen LogP contribution in [-0.4, -0.2) is 33.6 Å². The molecule has 1 aromatic rings. The molecule has 2 bridgehead atoms. The second-order valence-electron chi connectivity index (χ2n) is 6.22. The molecule has 0 radical (unpaired) electrons. The Morgan fingerprint density at radius 1 is 1.26 bits per heavy atom. The molecule has 5 atom stereocenters. The molecule has 1 aromatic heterocycles. The number of aliphatic hydroxyl groups is 1. The van der Waals surface area contributed by atoms with E-state index < -0.39 is 6.10 Å². The molecule has 0 aliphatic carbocycles. The number of ether oxygens (including phenoxy) is 1. The van der Waals surface area contributed by atoms with Crippen LogP contribution in [0.1, 0.15) is 63.6 Å². The summed E-state index contributed by atoms with van der Waals surface area (Å²) in [7, 11) is 0. The molecule has 0 saturated carbocycles. The lowest BCUT2D eigenvalue weighted by Gasteiger charge is -2.19. The molecule has 0 aromatic carbocycles. The molecule has 1 N–H and O–H groups in total. The van der Waals surface area contributed by atoms with Crippen molar-refractivity contribution >= 4 is 0 Å². The normalized spacial score (nSPS) is 33.0. The maximum Gasteiger partial charge on any atom is 0.232 e. The van der Waals surface area contributed by atoms with Crippen LogP contribution >= 0.6 is 0 Å². The second kappa shape index (κ2) is 4.87. The molecule has 106 valence electrons. The van der Waals surface area contributed by atoms with Gasteiger partial charge in [0.05, 0.1) is 30.1 Å². The van der Waals surface area contributed by atoms with Crippen molar-refractivity contribution in [2.24, 2.45) is 5.92 Å². The van der Waals surface area contributed by atoms with E-state index in [-0.39, 0.29) is 23.9 Å². The van der Waals surface area contributed by atoms with Gasteiger partial charge in [-0.05, 0) is 32.1 Å². The van der Waals surface area contributed by atoms with E-state index in [1.807, 2.05) is 0 Å². The van der Waals surface area contributed by atoms with Crippen molar-refractivity contribution in [1.29, 1.82) is 0 Å². The number of nitrogens with zero attached hydrogens (tertiary/aromatic N) is 2. The number of fused-ring (bicyclic) bond motifs is 2. The zero-order chi connectivity index (χ0) is 13.6. The first-order chi connectivity index (χ1) is 9.06. The standard InChI is InChI=1S/C14H22N2O3/c1-7(2)12(8(3)17)14-15-13(16-19-14)10-6-9-4-5-11(10)18-9/h7-12,17H,4-6H2,1-3H3. The van der Waals surface area contributed by atoms with Gasteiger partial charge in [-0.3, -0.25) is 0 Å². The van der Waals surface area contributed by atoms with Crippen molar-refractivity contribution in [2.45, 2.75) is 70.2 Å². The van der Waals surface area contributed by atoms with Crippen molar-refractivity contribution < 1.29 is 14.4 Å².